The number of hydrogen-bond acceptors (Lipinski definition) is 4. The molecule has 118 valence electrons. The Kier molecular flexibility index (Phi) is 3.09. The van der Waals surface area contributed by atoms with Crippen LogP contribution in [0.25, 0.3) is 21.8 Å². The van der Waals surface area contributed by atoms with E-state index >= 15 is 0 Å². The Labute approximate surface area is 137 Å². The first-order valence-corrected chi connectivity index (χ1v) is 7.43. The Balaban J connectivity index is 1.70. The maximum atomic E-state index is 12.4. The highest BCUT2D eigenvalue weighted by Gasteiger charge is 2.10. The number of pyridine rings is 1. The van der Waals surface area contributed by atoms with Gasteiger partial charge in [0.05, 0.1) is 23.1 Å². The van der Waals surface area contributed by atoms with Gasteiger partial charge in [-0.05, 0) is 42.5 Å². The van der Waals surface area contributed by atoms with Gasteiger partial charge in [-0.2, -0.15) is 0 Å². The second kappa shape index (κ2) is 5.27. The van der Waals surface area contributed by atoms with Gasteiger partial charge in [0, 0.05) is 33.7 Å². The second-order valence-electron chi connectivity index (χ2n) is 5.60. The number of benzene rings is 2. The van der Waals surface area contributed by atoms with Gasteiger partial charge in [0.1, 0.15) is 0 Å². The van der Waals surface area contributed by atoms with Crippen LogP contribution in [0.15, 0.2) is 54.9 Å². The number of carbonyl (C=O) groups excluding carboxylic acids is 1. The highest BCUT2D eigenvalue weighted by molar-refractivity contribution is 6.10. The summed E-state index contributed by atoms with van der Waals surface area (Å²) in [6, 6.07) is 12.5. The maximum absolute atomic E-state index is 12.4. The van der Waals surface area contributed by atoms with E-state index in [1.807, 2.05) is 24.3 Å². The van der Waals surface area contributed by atoms with Gasteiger partial charge in [0.25, 0.3) is 5.91 Å². The number of H-pyrrole nitrogens is 1. The molecule has 6 heteroatoms. The first kappa shape index (κ1) is 14.1. The van der Waals surface area contributed by atoms with Crippen LogP contribution in [-0.2, 0) is 0 Å². The number of aromatic amines is 1. The molecule has 0 aliphatic carbocycles. The van der Waals surface area contributed by atoms with Gasteiger partial charge in [-0.1, -0.05) is 0 Å². The fourth-order valence-corrected chi connectivity index (χ4v) is 2.75. The summed E-state index contributed by atoms with van der Waals surface area (Å²) >= 11 is 0. The second-order valence-corrected chi connectivity index (χ2v) is 5.60. The highest BCUT2D eigenvalue weighted by atomic mass is 16.1. The highest BCUT2D eigenvalue weighted by Crippen LogP contribution is 2.27. The van der Waals surface area contributed by atoms with E-state index < -0.39 is 0 Å². The van der Waals surface area contributed by atoms with E-state index in [0.29, 0.717) is 22.6 Å². The quantitative estimate of drug-likeness (QED) is 0.426. The molecule has 0 unspecified atom stereocenters. The van der Waals surface area contributed by atoms with E-state index in [0.717, 1.165) is 21.8 Å². The number of amides is 1. The minimum absolute atomic E-state index is 0.234. The fraction of sp³-hybridized carbons (Fsp3) is 0. The predicted molar refractivity (Wildman–Crippen MR) is 96.8 cm³/mol. The van der Waals surface area contributed by atoms with Crippen molar-refractivity contribution in [3.63, 3.8) is 0 Å². The number of nitrogen functional groups attached to an aromatic ring is 2. The number of aromatic nitrogens is 2. The number of anilines is 3. The molecule has 0 fully saturated rings. The van der Waals surface area contributed by atoms with Crippen molar-refractivity contribution >= 4 is 44.8 Å². The SMILES string of the molecule is Nc1ccc(C(=O)Nc2ccc3[nH]c4cnccc4c3c2)cc1N. The summed E-state index contributed by atoms with van der Waals surface area (Å²) in [5.41, 5.74) is 15.4. The Morgan fingerprint density at radius 3 is 2.67 bits per heavy atom. The third kappa shape index (κ3) is 2.30. The lowest BCUT2D eigenvalue weighted by Gasteiger charge is -2.07. The maximum Gasteiger partial charge on any atom is 0.255 e. The van der Waals surface area contributed by atoms with Crippen molar-refractivity contribution in [2.24, 2.45) is 0 Å². The van der Waals surface area contributed by atoms with Crippen molar-refractivity contribution < 1.29 is 4.79 Å². The molecule has 0 spiro atoms. The molecular weight excluding hydrogens is 302 g/mol. The van der Waals surface area contributed by atoms with Crippen LogP contribution < -0.4 is 16.8 Å². The van der Waals surface area contributed by atoms with Crippen LogP contribution in [0.4, 0.5) is 17.1 Å². The molecule has 2 heterocycles. The minimum Gasteiger partial charge on any atom is -0.397 e. The number of carbonyl (C=O) groups is 1. The average Bonchev–Trinajstić information content (AvgIpc) is 2.95. The molecule has 6 nitrogen and oxygen atoms in total. The topological polar surface area (TPSA) is 110 Å². The van der Waals surface area contributed by atoms with E-state index in [1.54, 1.807) is 30.6 Å². The van der Waals surface area contributed by atoms with Crippen molar-refractivity contribution in [1.82, 2.24) is 9.97 Å². The van der Waals surface area contributed by atoms with Crippen molar-refractivity contribution in [3.05, 3.63) is 60.4 Å². The van der Waals surface area contributed by atoms with Crippen molar-refractivity contribution in [2.45, 2.75) is 0 Å². The van der Waals surface area contributed by atoms with Crippen molar-refractivity contribution in [1.29, 1.82) is 0 Å². The number of hydrogen-bond donors (Lipinski definition) is 4. The van der Waals surface area contributed by atoms with Gasteiger partial charge in [0.15, 0.2) is 0 Å². The van der Waals surface area contributed by atoms with Gasteiger partial charge in [0.2, 0.25) is 0 Å². The van der Waals surface area contributed by atoms with Crippen molar-refractivity contribution in [3.8, 4) is 0 Å². The lowest BCUT2D eigenvalue weighted by atomic mass is 10.1. The minimum atomic E-state index is -0.234. The Bertz CT molecular complexity index is 1080. The average molecular weight is 317 g/mol. The first-order chi connectivity index (χ1) is 11.6. The van der Waals surface area contributed by atoms with Crippen LogP contribution in [0.3, 0.4) is 0 Å². The molecule has 0 saturated heterocycles. The summed E-state index contributed by atoms with van der Waals surface area (Å²) in [7, 11) is 0. The van der Waals surface area contributed by atoms with Crippen LogP contribution >= 0.6 is 0 Å². The molecule has 0 saturated carbocycles. The zero-order valence-electron chi connectivity index (χ0n) is 12.7. The summed E-state index contributed by atoms with van der Waals surface area (Å²) in [5.74, 6) is -0.234. The molecule has 2 aromatic carbocycles. The molecule has 6 N–H and O–H groups in total. The van der Waals surface area contributed by atoms with Crippen molar-refractivity contribution in [2.75, 3.05) is 16.8 Å². The Morgan fingerprint density at radius 2 is 1.83 bits per heavy atom. The third-order valence-electron chi connectivity index (χ3n) is 4.01. The molecule has 4 rings (SSSR count). The normalized spacial score (nSPS) is 11.0. The Hall–Kier alpha value is -3.54. The largest absolute Gasteiger partial charge is 0.397 e. The molecule has 0 bridgehead atoms. The first-order valence-electron chi connectivity index (χ1n) is 7.43. The molecular formula is C18H15N5O. The number of nitrogens with zero attached hydrogens (tertiary/aromatic N) is 1. The van der Waals surface area contributed by atoms with E-state index in [-0.39, 0.29) is 5.91 Å². The van der Waals surface area contributed by atoms with Crippen LogP contribution in [-0.4, -0.2) is 15.9 Å². The van der Waals surface area contributed by atoms with E-state index in [1.165, 1.54) is 0 Å². The predicted octanol–water partition coefficient (Wildman–Crippen LogP) is 3.13. The van der Waals surface area contributed by atoms with E-state index in [9.17, 15) is 4.79 Å². The number of rotatable bonds is 2. The Morgan fingerprint density at radius 1 is 0.958 bits per heavy atom. The molecule has 2 aromatic heterocycles. The summed E-state index contributed by atoms with van der Waals surface area (Å²) in [6.45, 7) is 0. The summed E-state index contributed by atoms with van der Waals surface area (Å²) in [4.78, 5) is 19.8. The summed E-state index contributed by atoms with van der Waals surface area (Å²) in [5, 5.41) is 4.98. The zero-order valence-corrected chi connectivity index (χ0v) is 12.7. The van der Waals surface area contributed by atoms with Crippen LogP contribution in [0.2, 0.25) is 0 Å². The molecule has 0 aliphatic rings. The molecule has 4 aromatic rings. The lowest BCUT2D eigenvalue weighted by Crippen LogP contribution is -2.12. The van der Waals surface area contributed by atoms with Crippen LogP contribution in [0.5, 0.6) is 0 Å². The van der Waals surface area contributed by atoms with Gasteiger partial charge in [-0.25, -0.2) is 0 Å². The van der Waals surface area contributed by atoms with E-state index in [4.69, 9.17) is 11.5 Å². The standard InChI is InChI=1S/C18H15N5O/c19-14-3-1-10(7-15(14)20)18(24)22-11-2-4-16-13(8-11)12-5-6-21-9-17(12)23-16/h1-9,23H,19-20H2,(H,22,24). The summed E-state index contributed by atoms with van der Waals surface area (Å²) < 4.78 is 0. The molecule has 0 radical (unpaired) electrons. The van der Waals surface area contributed by atoms with Gasteiger partial charge < -0.3 is 21.8 Å². The number of fused-ring (bicyclic) bond motifs is 3. The van der Waals surface area contributed by atoms with Crippen LogP contribution in [0, 0.1) is 0 Å². The molecule has 0 aliphatic heterocycles. The molecule has 1 amide bonds. The van der Waals surface area contributed by atoms with Gasteiger partial charge in [-0.3, -0.25) is 9.78 Å². The monoisotopic (exact) mass is 317 g/mol. The number of nitrogens with one attached hydrogen (secondary N) is 2. The van der Waals surface area contributed by atoms with Gasteiger partial charge >= 0.3 is 0 Å². The lowest BCUT2D eigenvalue weighted by molar-refractivity contribution is 0.102. The van der Waals surface area contributed by atoms with Crippen LogP contribution in [0.1, 0.15) is 10.4 Å². The smallest absolute Gasteiger partial charge is 0.255 e. The molecule has 0 atom stereocenters. The fourth-order valence-electron chi connectivity index (χ4n) is 2.75. The third-order valence-corrected chi connectivity index (χ3v) is 4.01. The number of nitrogens with two attached hydrogens (primary N) is 2. The zero-order chi connectivity index (χ0) is 16.7. The van der Waals surface area contributed by atoms with E-state index in [2.05, 4.69) is 15.3 Å². The summed E-state index contributed by atoms with van der Waals surface area (Å²) in [6.07, 6.45) is 3.53. The molecule has 24 heavy (non-hydrogen) atoms. The van der Waals surface area contributed by atoms with Gasteiger partial charge in [-0.15, -0.1) is 0 Å².